The zero-order valence-electron chi connectivity index (χ0n) is 16.1. The van der Waals surface area contributed by atoms with Crippen molar-refractivity contribution in [1.29, 1.82) is 0 Å². The fraction of sp³-hybridized carbons (Fsp3) is 0.136. The number of rotatable bonds is 6. The van der Waals surface area contributed by atoms with E-state index in [1.165, 1.54) is 36.4 Å². The molecule has 0 aromatic heterocycles. The van der Waals surface area contributed by atoms with Crippen molar-refractivity contribution in [3.05, 3.63) is 95.3 Å². The first kappa shape index (κ1) is 20.5. The second-order valence-electron chi connectivity index (χ2n) is 6.74. The number of benzene rings is 3. The molecule has 0 heterocycles. The van der Waals surface area contributed by atoms with E-state index >= 15 is 0 Å². The number of carbonyl (C=O) groups is 1. The third kappa shape index (κ3) is 5.00. The number of anilines is 1. The average Bonchev–Trinajstić information content (AvgIpc) is 2.70. The Morgan fingerprint density at radius 1 is 1.00 bits per heavy atom. The molecule has 3 rings (SSSR count). The van der Waals surface area contributed by atoms with Gasteiger partial charge in [0.05, 0.1) is 4.90 Å². The summed E-state index contributed by atoms with van der Waals surface area (Å²) in [5.41, 5.74) is 2.20. The lowest BCUT2D eigenvalue weighted by atomic mass is 10.1. The first-order valence-corrected chi connectivity index (χ1v) is 10.4. The standard InChI is InChI=1S/C22H21FN2O3S/c1-16-8-13-20(29(27,28)24-19-11-9-18(23)10-12-19)14-21(16)22(26)25(2)15-17-6-4-3-5-7-17/h3-14,24H,15H2,1-2H3. The van der Waals surface area contributed by atoms with Crippen molar-refractivity contribution in [1.82, 2.24) is 4.90 Å². The van der Waals surface area contributed by atoms with Crippen LogP contribution in [-0.2, 0) is 16.6 Å². The largest absolute Gasteiger partial charge is 0.337 e. The van der Waals surface area contributed by atoms with Gasteiger partial charge in [-0.05, 0) is 54.4 Å². The van der Waals surface area contributed by atoms with Crippen molar-refractivity contribution >= 4 is 21.6 Å². The highest BCUT2D eigenvalue weighted by Crippen LogP contribution is 2.21. The van der Waals surface area contributed by atoms with Gasteiger partial charge in [0.25, 0.3) is 15.9 Å². The van der Waals surface area contributed by atoms with E-state index in [2.05, 4.69) is 4.72 Å². The summed E-state index contributed by atoms with van der Waals surface area (Å²) < 4.78 is 40.8. The summed E-state index contributed by atoms with van der Waals surface area (Å²) in [4.78, 5) is 14.4. The molecule has 0 bridgehead atoms. The number of carbonyl (C=O) groups excluding carboxylic acids is 1. The zero-order chi connectivity index (χ0) is 21.0. The topological polar surface area (TPSA) is 66.5 Å². The van der Waals surface area contributed by atoms with Crippen molar-refractivity contribution in [2.45, 2.75) is 18.4 Å². The normalized spacial score (nSPS) is 11.1. The molecule has 5 nitrogen and oxygen atoms in total. The van der Waals surface area contributed by atoms with Gasteiger partial charge in [-0.1, -0.05) is 36.4 Å². The van der Waals surface area contributed by atoms with Gasteiger partial charge in [-0.25, -0.2) is 12.8 Å². The van der Waals surface area contributed by atoms with Crippen molar-refractivity contribution in [3.8, 4) is 0 Å². The lowest BCUT2D eigenvalue weighted by Crippen LogP contribution is -2.27. The van der Waals surface area contributed by atoms with Gasteiger partial charge in [-0.3, -0.25) is 9.52 Å². The highest BCUT2D eigenvalue weighted by Gasteiger charge is 2.20. The van der Waals surface area contributed by atoms with Crippen LogP contribution in [0.3, 0.4) is 0 Å². The summed E-state index contributed by atoms with van der Waals surface area (Å²) in [5, 5.41) is 0. The van der Waals surface area contributed by atoms with Gasteiger partial charge in [0.2, 0.25) is 0 Å². The van der Waals surface area contributed by atoms with E-state index in [-0.39, 0.29) is 16.5 Å². The minimum atomic E-state index is -3.93. The summed E-state index contributed by atoms with van der Waals surface area (Å²) >= 11 is 0. The van der Waals surface area contributed by atoms with Crippen LogP contribution >= 0.6 is 0 Å². The highest BCUT2D eigenvalue weighted by molar-refractivity contribution is 7.92. The Labute approximate surface area is 169 Å². The molecule has 29 heavy (non-hydrogen) atoms. The van der Waals surface area contributed by atoms with E-state index in [9.17, 15) is 17.6 Å². The number of nitrogens with one attached hydrogen (secondary N) is 1. The zero-order valence-corrected chi connectivity index (χ0v) is 16.9. The van der Waals surface area contributed by atoms with E-state index in [0.717, 1.165) is 5.56 Å². The van der Waals surface area contributed by atoms with Crippen LogP contribution in [0.5, 0.6) is 0 Å². The molecule has 0 aliphatic rings. The third-order valence-corrected chi connectivity index (χ3v) is 5.83. The number of hydrogen-bond acceptors (Lipinski definition) is 3. The first-order valence-electron chi connectivity index (χ1n) is 8.95. The van der Waals surface area contributed by atoms with Gasteiger partial charge in [0.15, 0.2) is 0 Å². The van der Waals surface area contributed by atoms with E-state index in [4.69, 9.17) is 0 Å². The maximum absolute atomic E-state index is 13.0. The molecule has 0 fully saturated rings. The van der Waals surface area contributed by atoms with Crippen LogP contribution < -0.4 is 4.72 Å². The van der Waals surface area contributed by atoms with Gasteiger partial charge < -0.3 is 4.90 Å². The molecular weight excluding hydrogens is 391 g/mol. The lowest BCUT2D eigenvalue weighted by molar-refractivity contribution is 0.0784. The third-order valence-electron chi connectivity index (χ3n) is 4.46. The van der Waals surface area contributed by atoms with Crippen molar-refractivity contribution in [2.75, 3.05) is 11.8 Å². The number of hydrogen-bond donors (Lipinski definition) is 1. The number of halogens is 1. The monoisotopic (exact) mass is 412 g/mol. The van der Waals surface area contributed by atoms with E-state index in [0.29, 0.717) is 17.7 Å². The predicted octanol–water partition coefficient (Wildman–Crippen LogP) is 4.21. The molecule has 150 valence electrons. The molecule has 0 radical (unpaired) electrons. The highest BCUT2D eigenvalue weighted by atomic mass is 32.2. The van der Waals surface area contributed by atoms with E-state index < -0.39 is 15.8 Å². The molecule has 0 atom stereocenters. The molecule has 3 aromatic carbocycles. The maximum atomic E-state index is 13.0. The summed E-state index contributed by atoms with van der Waals surface area (Å²) in [6.07, 6.45) is 0. The van der Waals surface area contributed by atoms with Crippen molar-refractivity contribution in [2.24, 2.45) is 0 Å². The van der Waals surface area contributed by atoms with E-state index in [1.807, 2.05) is 30.3 Å². The Kier molecular flexibility index (Phi) is 5.98. The quantitative estimate of drug-likeness (QED) is 0.660. The molecule has 0 spiro atoms. The fourth-order valence-electron chi connectivity index (χ4n) is 2.87. The Morgan fingerprint density at radius 2 is 1.66 bits per heavy atom. The Balaban J connectivity index is 1.84. The predicted molar refractivity (Wildman–Crippen MR) is 111 cm³/mol. The second kappa shape index (κ2) is 8.45. The molecule has 0 unspecified atom stereocenters. The summed E-state index contributed by atoms with van der Waals surface area (Å²) in [6.45, 7) is 2.16. The summed E-state index contributed by atoms with van der Waals surface area (Å²) in [7, 11) is -2.25. The molecule has 7 heteroatoms. The second-order valence-corrected chi connectivity index (χ2v) is 8.42. The molecule has 1 amide bonds. The van der Waals surface area contributed by atoms with Gasteiger partial charge in [0, 0.05) is 24.8 Å². The SMILES string of the molecule is Cc1ccc(S(=O)(=O)Nc2ccc(F)cc2)cc1C(=O)N(C)Cc1ccccc1. The van der Waals surface area contributed by atoms with Crippen LogP contribution in [0.25, 0.3) is 0 Å². The molecular formula is C22H21FN2O3S. The molecule has 0 aliphatic carbocycles. The molecule has 0 saturated carbocycles. The van der Waals surface area contributed by atoms with Gasteiger partial charge in [-0.2, -0.15) is 0 Å². The van der Waals surface area contributed by atoms with Crippen LogP contribution in [0.2, 0.25) is 0 Å². The molecule has 3 aromatic rings. The van der Waals surface area contributed by atoms with Crippen LogP contribution in [0.4, 0.5) is 10.1 Å². The fourth-order valence-corrected chi connectivity index (χ4v) is 3.95. The first-order chi connectivity index (χ1) is 13.8. The maximum Gasteiger partial charge on any atom is 0.261 e. The van der Waals surface area contributed by atoms with Crippen LogP contribution in [0.15, 0.2) is 77.7 Å². The molecule has 0 aliphatic heterocycles. The number of nitrogens with zero attached hydrogens (tertiary/aromatic N) is 1. The van der Waals surface area contributed by atoms with Gasteiger partial charge in [0.1, 0.15) is 5.82 Å². The number of amides is 1. The number of sulfonamides is 1. The van der Waals surface area contributed by atoms with Gasteiger partial charge >= 0.3 is 0 Å². The Bertz CT molecular complexity index is 1110. The number of aryl methyl sites for hydroxylation is 1. The van der Waals surface area contributed by atoms with E-state index in [1.54, 1.807) is 24.9 Å². The minimum absolute atomic E-state index is 0.0381. The Morgan fingerprint density at radius 3 is 2.31 bits per heavy atom. The minimum Gasteiger partial charge on any atom is -0.337 e. The van der Waals surface area contributed by atoms with Crippen molar-refractivity contribution < 1.29 is 17.6 Å². The van der Waals surface area contributed by atoms with Crippen LogP contribution in [0, 0.1) is 12.7 Å². The summed E-state index contributed by atoms with van der Waals surface area (Å²) in [6, 6.07) is 18.9. The van der Waals surface area contributed by atoms with Gasteiger partial charge in [-0.15, -0.1) is 0 Å². The Hall–Kier alpha value is -3.19. The van der Waals surface area contributed by atoms with Crippen LogP contribution in [0.1, 0.15) is 21.5 Å². The lowest BCUT2D eigenvalue weighted by Gasteiger charge is -2.19. The smallest absolute Gasteiger partial charge is 0.261 e. The molecule has 0 saturated heterocycles. The van der Waals surface area contributed by atoms with Crippen LogP contribution in [-0.4, -0.2) is 26.3 Å². The molecule has 1 N–H and O–H groups in total. The summed E-state index contributed by atoms with van der Waals surface area (Å²) in [5.74, 6) is -0.734. The van der Waals surface area contributed by atoms with Crippen molar-refractivity contribution in [3.63, 3.8) is 0 Å². The average molecular weight is 412 g/mol.